The molecule has 154 valence electrons. The number of rotatable bonds is 4. The van der Waals surface area contributed by atoms with E-state index in [-0.39, 0.29) is 0 Å². The van der Waals surface area contributed by atoms with Gasteiger partial charge in [-0.3, -0.25) is 0 Å². The molecule has 1 aromatic heterocycles. The maximum absolute atomic E-state index is 5.20. The van der Waals surface area contributed by atoms with Crippen molar-refractivity contribution in [2.45, 2.75) is 13.8 Å². The maximum atomic E-state index is 5.20. The molecule has 5 aromatic rings. The molecule has 0 bridgehead atoms. The fraction of sp³-hybridized carbons (Fsp3) is 0.0667. The molecule has 0 atom stereocenters. The number of nitrogens with zero attached hydrogens (tertiary/aromatic N) is 2. The van der Waals surface area contributed by atoms with Crippen LogP contribution in [0.1, 0.15) is 11.3 Å². The number of aryl methyl sites for hydroxylation is 2. The summed E-state index contributed by atoms with van der Waals surface area (Å²) in [5.41, 5.74) is 10.5. The Morgan fingerprint density at radius 2 is 1.03 bits per heavy atom. The second-order valence-corrected chi connectivity index (χ2v) is 7.98. The summed E-state index contributed by atoms with van der Waals surface area (Å²) in [7, 11) is 0. The topological polar surface area (TPSA) is 25.8 Å². The third-order valence-corrected chi connectivity index (χ3v) is 5.76. The standard InChI is InChI=1S/C30H24N2/c1-21-12-9-10-19-27(21)30-29(24-15-7-4-8-16-24)32-28(22(2)31-30)26-18-11-17-25(20-26)23-13-5-3-6-14-23/h3-20H,1-2H3. The average molecular weight is 413 g/mol. The van der Waals surface area contributed by atoms with Gasteiger partial charge in [-0.2, -0.15) is 0 Å². The van der Waals surface area contributed by atoms with E-state index in [0.717, 1.165) is 39.5 Å². The highest BCUT2D eigenvalue weighted by Crippen LogP contribution is 2.35. The summed E-state index contributed by atoms with van der Waals surface area (Å²) in [6, 6.07) is 37.7. The summed E-state index contributed by atoms with van der Waals surface area (Å²) in [5.74, 6) is 0. The first-order chi connectivity index (χ1) is 15.7. The number of hydrogen-bond donors (Lipinski definition) is 0. The molecule has 0 saturated carbocycles. The fourth-order valence-corrected chi connectivity index (χ4v) is 4.09. The van der Waals surface area contributed by atoms with E-state index in [1.807, 2.05) is 31.2 Å². The van der Waals surface area contributed by atoms with Crippen LogP contribution in [-0.4, -0.2) is 9.97 Å². The van der Waals surface area contributed by atoms with Crippen LogP contribution in [0.2, 0.25) is 0 Å². The van der Waals surface area contributed by atoms with Gasteiger partial charge in [0.05, 0.1) is 22.8 Å². The van der Waals surface area contributed by atoms with Crippen LogP contribution >= 0.6 is 0 Å². The molecule has 0 aliphatic heterocycles. The van der Waals surface area contributed by atoms with Crippen molar-refractivity contribution in [2.75, 3.05) is 0 Å². The quantitative estimate of drug-likeness (QED) is 0.301. The van der Waals surface area contributed by atoms with Crippen molar-refractivity contribution in [3.63, 3.8) is 0 Å². The molecule has 2 nitrogen and oxygen atoms in total. The van der Waals surface area contributed by atoms with E-state index in [0.29, 0.717) is 0 Å². The molecule has 4 aromatic carbocycles. The Labute approximate surface area is 189 Å². The van der Waals surface area contributed by atoms with E-state index in [1.165, 1.54) is 16.7 Å². The Balaban J connectivity index is 1.71. The Kier molecular flexibility index (Phi) is 5.35. The molecule has 0 fully saturated rings. The molecule has 0 aliphatic rings. The van der Waals surface area contributed by atoms with Crippen LogP contribution in [-0.2, 0) is 0 Å². The van der Waals surface area contributed by atoms with Crippen molar-refractivity contribution in [2.24, 2.45) is 0 Å². The molecule has 0 amide bonds. The van der Waals surface area contributed by atoms with Crippen LogP contribution in [0, 0.1) is 13.8 Å². The normalized spacial score (nSPS) is 10.8. The van der Waals surface area contributed by atoms with Gasteiger partial charge in [-0.1, -0.05) is 103 Å². The third kappa shape index (κ3) is 3.83. The first-order valence-corrected chi connectivity index (χ1v) is 10.9. The lowest BCUT2D eigenvalue weighted by molar-refractivity contribution is 1.13. The molecular formula is C30H24N2. The second kappa shape index (κ2) is 8.60. The maximum Gasteiger partial charge on any atom is 0.0973 e. The van der Waals surface area contributed by atoms with Crippen molar-refractivity contribution in [3.05, 3.63) is 120 Å². The molecule has 0 spiro atoms. The molecular weight excluding hydrogens is 388 g/mol. The van der Waals surface area contributed by atoms with Gasteiger partial charge in [-0.15, -0.1) is 0 Å². The lowest BCUT2D eigenvalue weighted by Crippen LogP contribution is -2.01. The number of benzene rings is 4. The van der Waals surface area contributed by atoms with Crippen molar-refractivity contribution < 1.29 is 0 Å². The monoisotopic (exact) mass is 412 g/mol. The predicted octanol–water partition coefficient (Wildman–Crippen LogP) is 7.76. The van der Waals surface area contributed by atoms with Crippen LogP contribution in [0.15, 0.2) is 109 Å². The molecule has 2 heteroatoms. The van der Waals surface area contributed by atoms with Crippen molar-refractivity contribution in [1.29, 1.82) is 0 Å². The number of aromatic nitrogens is 2. The lowest BCUT2D eigenvalue weighted by Gasteiger charge is -2.15. The number of hydrogen-bond acceptors (Lipinski definition) is 2. The van der Waals surface area contributed by atoms with Crippen LogP contribution < -0.4 is 0 Å². The average Bonchev–Trinajstić information content (AvgIpc) is 2.85. The van der Waals surface area contributed by atoms with E-state index < -0.39 is 0 Å². The molecule has 0 unspecified atom stereocenters. The summed E-state index contributed by atoms with van der Waals surface area (Å²) in [5, 5.41) is 0. The lowest BCUT2D eigenvalue weighted by atomic mass is 9.98. The molecule has 0 saturated heterocycles. The van der Waals surface area contributed by atoms with Crippen LogP contribution in [0.4, 0.5) is 0 Å². The Morgan fingerprint density at radius 3 is 1.75 bits per heavy atom. The van der Waals surface area contributed by atoms with E-state index in [9.17, 15) is 0 Å². The van der Waals surface area contributed by atoms with E-state index >= 15 is 0 Å². The summed E-state index contributed by atoms with van der Waals surface area (Å²) < 4.78 is 0. The van der Waals surface area contributed by atoms with Gasteiger partial charge in [-0.25, -0.2) is 9.97 Å². The van der Waals surface area contributed by atoms with E-state index in [4.69, 9.17) is 9.97 Å². The van der Waals surface area contributed by atoms with E-state index in [1.54, 1.807) is 0 Å². The van der Waals surface area contributed by atoms with E-state index in [2.05, 4.69) is 91.9 Å². The molecule has 0 aliphatic carbocycles. The molecule has 0 N–H and O–H groups in total. The predicted molar refractivity (Wildman–Crippen MR) is 133 cm³/mol. The van der Waals surface area contributed by atoms with Gasteiger partial charge in [0, 0.05) is 16.7 Å². The summed E-state index contributed by atoms with van der Waals surface area (Å²) in [4.78, 5) is 10.3. The minimum atomic E-state index is 0.908. The molecule has 1 heterocycles. The highest BCUT2D eigenvalue weighted by molar-refractivity contribution is 5.82. The SMILES string of the molecule is Cc1ccccc1-c1nc(C)c(-c2cccc(-c3ccccc3)c2)nc1-c1ccccc1. The van der Waals surface area contributed by atoms with Gasteiger partial charge in [0.1, 0.15) is 0 Å². The molecule has 5 rings (SSSR count). The minimum Gasteiger partial charge on any atom is -0.249 e. The van der Waals surface area contributed by atoms with Crippen LogP contribution in [0.3, 0.4) is 0 Å². The van der Waals surface area contributed by atoms with Crippen LogP contribution in [0.5, 0.6) is 0 Å². The summed E-state index contributed by atoms with van der Waals surface area (Å²) in [6.45, 7) is 4.17. The molecule has 32 heavy (non-hydrogen) atoms. The summed E-state index contributed by atoms with van der Waals surface area (Å²) in [6.07, 6.45) is 0. The van der Waals surface area contributed by atoms with Crippen molar-refractivity contribution in [1.82, 2.24) is 9.97 Å². The highest BCUT2D eigenvalue weighted by atomic mass is 14.8. The smallest absolute Gasteiger partial charge is 0.0973 e. The van der Waals surface area contributed by atoms with Crippen LogP contribution in [0.25, 0.3) is 44.9 Å². The minimum absolute atomic E-state index is 0.908. The van der Waals surface area contributed by atoms with Gasteiger partial charge in [-0.05, 0) is 36.6 Å². The molecule has 0 radical (unpaired) electrons. The Morgan fingerprint density at radius 1 is 0.438 bits per heavy atom. The first kappa shape index (κ1) is 19.9. The highest BCUT2D eigenvalue weighted by Gasteiger charge is 2.17. The van der Waals surface area contributed by atoms with Gasteiger partial charge in [0.15, 0.2) is 0 Å². The van der Waals surface area contributed by atoms with Gasteiger partial charge >= 0.3 is 0 Å². The third-order valence-electron chi connectivity index (χ3n) is 5.76. The van der Waals surface area contributed by atoms with Crippen molar-refractivity contribution in [3.8, 4) is 44.9 Å². The van der Waals surface area contributed by atoms with Gasteiger partial charge in [0.2, 0.25) is 0 Å². The zero-order valence-corrected chi connectivity index (χ0v) is 18.3. The Hall–Kier alpha value is -4.04. The largest absolute Gasteiger partial charge is 0.249 e. The first-order valence-electron chi connectivity index (χ1n) is 10.9. The zero-order chi connectivity index (χ0) is 21.9. The van der Waals surface area contributed by atoms with Crippen molar-refractivity contribution >= 4 is 0 Å². The zero-order valence-electron chi connectivity index (χ0n) is 18.3. The van der Waals surface area contributed by atoms with Gasteiger partial charge in [0.25, 0.3) is 0 Å². The fourth-order valence-electron chi connectivity index (χ4n) is 4.09. The second-order valence-electron chi connectivity index (χ2n) is 7.98. The van der Waals surface area contributed by atoms with Gasteiger partial charge < -0.3 is 0 Å². The Bertz CT molecular complexity index is 1370. The summed E-state index contributed by atoms with van der Waals surface area (Å²) >= 11 is 0.